The maximum Gasteiger partial charge on any atom is 0.139 e. The van der Waals surface area contributed by atoms with Gasteiger partial charge in [0.25, 0.3) is 0 Å². The number of hydrogen-bond acceptors (Lipinski definition) is 1. The molecule has 0 amide bonds. The SMILES string of the molecule is CC1Cc2ccccc2-c2oc3ccccc3c21. The third-order valence-electron chi connectivity index (χ3n) is 3.91. The van der Waals surface area contributed by atoms with Crippen molar-refractivity contribution in [3.63, 3.8) is 0 Å². The van der Waals surface area contributed by atoms with Crippen molar-refractivity contribution in [3.8, 4) is 11.3 Å². The number of fused-ring (bicyclic) bond motifs is 5. The van der Waals surface area contributed by atoms with E-state index in [9.17, 15) is 0 Å². The molecule has 1 heteroatoms. The lowest BCUT2D eigenvalue weighted by Gasteiger charge is -2.20. The molecule has 3 aromatic rings. The van der Waals surface area contributed by atoms with Gasteiger partial charge in [0.1, 0.15) is 11.3 Å². The number of benzene rings is 2. The van der Waals surface area contributed by atoms with E-state index >= 15 is 0 Å². The van der Waals surface area contributed by atoms with Crippen molar-refractivity contribution < 1.29 is 4.42 Å². The van der Waals surface area contributed by atoms with Crippen molar-refractivity contribution in [2.75, 3.05) is 0 Å². The van der Waals surface area contributed by atoms with E-state index in [-0.39, 0.29) is 0 Å². The Balaban J connectivity index is 2.12. The topological polar surface area (TPSA) is 13.1 Å². The molecule has 18 heavy (non-hydrogen) atoms. The van der Waals surface area contributed by atoms with Crippen LogP contribution >= 0.6 is 0 Å². The summed E-state index contributed by atoms with van der Waals surface area (Å²) >= 11 is 0. The predicted molar refractivity (Wildman–Crippen MR) is 73.8 cm³/mol. The molecule has 0 saturated heterocycles. The summed E-state index contributed by atoms with van der Waals surface area (Å²) < 4.78 is 6.09. The smallest absolute Gasteiger partial charge is 0.139 e. The second-order valence-corrected chi connectivity index (χ2v) is 5.10. The lowest BCUT2D eigenvalue weighted by molar-refractivity contribution is 0.609. The molecule has 2 aromatic carbocycles. The van der Waals surface area contributed by atoms with Crippen LogP contribution in [0.15, 0.2) is 52.9 Å². The zero-order valence-electron chi connectivity index (χ0n) is 10.3. The van der Waals surface area contributed by atoms with Gasteiger partial charge in [-0.15, -0.1) is 0 Å². The largest absolute Gasteiger partial charge is 0.456 e. The number of rotatable bonds is 0. The zero-order chi connectivity index (χ0) is 12.1. The van der Waals surface area contributed by atoms with Crippen LogP contribution in [0.2, 0.25) is 0 Å². The first-order chi connectivity index (χ1) is 8.84. The van der Waals surface area contributed by atoms with Crippen LogP contribution in [-0.4, -0.2) is 0 Å². The predicted octanol–water partition coefficient (Wildman–Crippen LogP) is 4.76. The molecule has 1 aromatic heterocycles. The van der Waals surface area contributed by atoms with Gasteiger partial charge in [0.05, 0.1) is 0 Å². The Morgan fingerprint density at radius 2 is 1.78 bits per heavy atom. The maximum atomic E-state index is 6.09. The Morgan fingerprint density at radius 3 is 2.72 bits per heavy atom. The quantitative estimate of drug-likeness (QED) is 0.546. The highest BCUT2D eigenvalue weighted by molar-refractivity contribution is 5.90. The van der Waals surface area contributed by atoms with Gasteiger partial charge in [0, 0.05) is 16.5 Å². The molecule has 0 N–H and O–H groups in total. The summed E-state index contributed by atoms with van der Waals surface area (Å²) in [5, 5.41) is 1.27. The van der Waals surface area contributed by atoms with Gasteiger partial charge in [0.2, 0.25) is 0 Å². The standard InChI is InChI=1S/C17H14O/c1-11-10-12-6-2-3-7-13(12)17-16(11)14-8-4-5-9-15(14)18-17/h2-9,11H,10H2,1H3. The monoisotopic (exact) mass is 234 g/mol. The highest BCUT2D eigenvalue weighted by Crippen LogP contribution is 2.44. The van der Waals surface area contributed by atoms with Crippen LogP contribution < -0.4 is 0 Å². The van der Waals surface area contributed by atoms with E-state index in [1.54, 1.807) is 0 Å². The second kappa shape index (κ2) is 3.49. The summed E-state index contributed by atoms with van der Waals surface area (Å²) in [5.41, 5.74) is 5.05. The van der Waals surface area contributed by atoms with Gasteiger partial charge in [-0.1, -0.05) is 49.4 Å². The van der Waals surface area contributed by atoms with Crippen molar-refractivity contribution in [2.45, 2.75) is 19.3 Å². The molecule has 4 rings (SSSR count). The molecule has 1 nitrogen and oxygen atoms in total. The fourth-order valence-electron chi connectivity index (χ4n) is 3.11. The Hall–Kier alpha value is -2.02. The van der Waals surface area contributed by atoms with E-state index < -0.39 is 0 Å². The Labute approximate surface area is 106 Å². The van der Waals surface area contributed by atoms with E-state index in [0.717, 1.165) is 17.8 Å². The molecule has 1 aliphatic rings. The number of para-hydroxylation sites is 1. The third kappa shape index (κ3) is 1.22. The molecule has 0 fully saturated rings. The van der Waals surface area contributed by atoms with E-state index in [4.69, 9.17) is 4.42 Å². The van der Waals surface area contributed by atoms with Gasteiger partial charge in [-0.25, -0.2) is 0 Å². The average molecular weight is 234 g/mol. The van der Waals surface area contributed by atoms with E-state index in [2.05, 4.69) is 49.4 Å². The molecule has 0 spiro atoms. The van der Waals surface area contributed by atoms with Gasteiger partial charge in [-0.2, -0.15) is 0 Å². The Morgan fingerprint density at radius 1 is 1.00 bits per heavy atom. The number of furan rings is 1. The molecule has 0 saturated carbocycles. The summed E-state index contributed by atoms with van der Waals surface area (Å²) in [7, 11) is 0. The first kappa shape index (κ1) is 9.95. The average Bonchev–Trinajstić information content (AvgIpc) is 2.79. The molecular formula is C17H14O. The molecule has 1 unspecified atom stereocenters. The summed E-state index contributed by atoms with van der Waals surface area (Å²) in [5.74, 6) is 1.60. The molecular weight excluding hydrogens is 220 g/mol. The fraction of sp³-hybridized carbons (Fsp3) is 0.176. The lowest BCUT2D eigenvalue weighted by Crippen LogP contribution is -2.06. The molecule has 0 aliphatic heterocycles. The van der Waals surface area contributed by atoms with Crippen molar-refractivity contribution in [1.82, 2.24) is 0 Å². The molecule has 1 heterocycles. The van der Waals surface area contributed by atoms with E-state index in [1.165, 1.54) is 22.1 Å². The highest BCUT2D eigenvalue weighted by Gasteiger charge is 2.27. The normalized spacial score (nSPS) is 17.5. The lowest BCUT2D eigenvalue weighted by atomic mass is 9.82. The van der Waals surface area contributed by atoms with Crippen LogP contribution in [0.5, 0.6) is 0 Å². The molecule has 1 atom stereocenters. The van der Waals surface area contributed by atoms with Crippen molar-refractivity contribution in [1.29, 1.82) is 0 Å². The molecule has 0 bridgehead atoms. The van der Waals surface area contributed by atoms with E-state index in [1.807, 2.05) is 6.07 Å². The van der Waals surface area contributed by atoms with Gasteiger partial charge < -0.3 is 4.42 Å². The molecule has 1 aliphatic carbocycles. The van der Waals surface area contributed by atoms with Crippen LogP contribution in [0.1, 0.15) is 24.0 Å². The van der Waals surface area contributed by atoms with Gasteiger partial charge in [-0.05, 0) is 24.0 Å². The first-order valence-corrected chi connectivity index (χ1v) is 6.44. The zero-order valence-corrected chi connectivity index (χ0v) is 10.3. The fourth-order valence-corrected chi connectivity index (χ4v) is 3.11. The van der Waals surface area contributed by atoms with E-state index in [0.29, 0.717) is 5.92 Å². The maximum absolute atomic E-state index is 6.09. The highest BCUT2D eigenvalue weighted by atomic mass is 16.3. The summed E-state index contributed by atoms with van der Waals surface area (Å²) in [6.45, 7) is 2.29. The van der Waals surface area contributed by atoms with Crippen LogP contribution in [0.4, 0.5) is 0 Å². The van der Waals surface area contributed by atoms with Gasteiger partial charge >= 0.3 is 0 Å². The Bertz CT molecular complexity index is 736. The summed E-state index contributed by atoms with van der Waals surface area (Å²) in [6, 6.07) is 16.9. The third-order valence-corrected chi connectivity index (χ3v) is 3.91. The first-order valence-electron chi connectivity index (χ1n) is 6.44. The Kier molecular flexibility index (Phi) is 1.93. The second-order valence-electron chi connectivity index (χ2n) is 5.10. The minimum Gasteiger partial charge on any atom is -0.456 e. The van der Waals surface area contributed by atoms with Gasteiger partial charge in [-0.3, -0.25) is 0 Å². The minimum atomic E-state index is 0.526. The van der Waals surface area contributed by atoms with Crippen molar-refractivity contribution >= 4 is 11.0 Å². The van der Waals surface area contributed by atoms with Crippen LogP contribution in [0, 0.1) is 0 Å². The number of hydrogen-bond donors (Lipinski definition) is 0. The summed E-state index contributed by atoms with van der Waals surface area (Å²) in [6.07, 6.45) is 1.10. The van der Waals surface area contributed by atoms with Crippen molar-refractivity contribution in [2.24, 2.45) is 0 Å². The van der Waals surface area contributed by atoms with Gasteiger partial charge in [0.15, 0.2) is 0 Å². The minimum absolute atomic E-state index is 0.526. The van der Waals surface area contributed by atoms with Crippen LogP contribution in [0.25, 0.3) is 22.3 Å². The molecule has 88 valence electrons. The summed E-state index contributed by atoms with van der Waals surface area (Å²) in [4.78, 5) is 0. The van der Waals surface area contributed by atoms with Crippen molar-refractivity contribution in [3.05, 3.63) is 59.7 Å². The van der Waals surface area contributed by atoms with Crippen LogP contribution in [-0.2, 0) is 6.42 Å². The van der Waals surface area contributed by atoms with Crippen LogP contribution in [0.3, 0.4) is 0 Å². The molecule has 0 radical (unpaired) electrons.